The first kappa shape index (κ1) is 59.9. The molecule has 22 atom stereocenters. The SMILES string of the molecule is C=C1C[C@H]2[C@@H]3CCC4=CC(=O)C=C[C@]4(C)[C@H]3[C@@H](O)C[C@]2(C)[C@@]1(O)C(=O)CO.C[C@@H]1C[C@H]2[C@@H]3C[C@H](F)C4=CC(=O)C=C[C@]4(C)[C@H]3[C@@H](O)C[C@]2(C)[C@@]1(O)C(=O)CO.C[C@]12CCC(=O)C=C1CC[C@@H]1[C@@H]2C(=O)C[C@@]2(C)[C@H]1CC[C@]2(O)C(=O)CO. The Balaban J connectivity index is 0.000000136. The van der Waals surface area contributed by atoms with E-state index >= 15 is 4.39 Å². The number of carbonyl (C=O) groups excluding carboxylic acids is 7. The number of ketones is 7. The van der Waals surface area contributed by atoms with Crippen molar-refractivity contribution < 1.29 is 78.8 Å². The van der Waals surface area contributed by atoms with Crippen molar-refractivity contribution in [2.75, 3.05) is 19.8 Å². The highest BCUT2D eigenvalue weighted by molar-refractivity contribution is 6.02. The van der Waals surface area contributed by atoms with Crippen molar-refractivity contribution in [2.24, 2.45) is 91.7 Å². The van der Waals surface area contributed by atoms with Crippen molar-refractivity contribution in [2.45, 2.75) is 174 Å². The second-order valence-electron chi connectivity index (χ2n) is 28.5. The molecule has 0 amide bonds. The summed E-state index contributed by atoms with van der Waals surface area (Å²) in [4.78, 5) is 86.2. The summed E-state index contributed by atoms with van der Waals surface area (Å²) in [5.74, 6) is -2.69. The predicted molar refractivity (Wildman–Crippen MR) is 294 cm³/mol. The zero-order valence-corrected chi connectivity index (χ0v) is 48.1. The summed E-state index contributed by atoms with van der Waals surface area (Å²) in [5, 5.41) is 84.5. The van der Waals surface area contributed by atoms with Crippen LogP contribution in [0.3, 0.4) is 0 Å². The van der Waals surface area contributed by atoms with Crippen LogP contribution in [0, 0.1) is 91.7 Å². The van der Waals surface area contributed by atoms with Gasteiger partial charge in [0.2, 0.25) is 0 Å². The highest BCUT2D eigenvalue weighted by Crippen LogP contribution is 2.71. The minimum atomic E-state index is -1.80. The summed E-state index contributed by atoms with van der Waals surface area (Å²) in [5.41, 5.74) is -6.08. The van der Waals surface area contributed by atoms with E-state index in [9.17, 15) is 74.4 Å². The summed E-state index contributed by atoms with van der Waals surface area (Å²) in [6, 6.07) is 0. The molecule has 9 fully saturated rings. The zero-order chi connectivity index (χ0) is 59.3. The minimum absolute atomic E-state index is 0.00306. The van der Waals surface area contributed by atoms with Crippen molar-refractivity contribution in [3.8, 4) is 0 Å². The number of rotatable bonds is 6. The van der Waals surface area contributed by atoms with E-state index in [0.29, 0.717) is 49.7 Å². The van der Waals surface area contributed by atoms with Gasteiger partial charge < -0.3 is 40.9 Å². The standard InChI is InChI=1S/C22H29FO5.C22H28O5.C21H28O5/c1-11-6-14-13-8-16(23)15-7-12(25)4-5-20(15,2)19(13)17(26)9-21(14,3)22(11,28)18(27)10-24;1-12-8-16-15-5-4-13-9-14(24)6-7-20(13,2)19(15)17(25)10-21(16,3)22(12,27)18(26)11-23;1-19-7-5-13(23)9-12(19)3-4-14-15-6-8-21(26,17(25)11-22)20(15,2)10-16(24)18(14)19/h4-5,7,11,13-14,16-17,19,24,26,28H,6,8-10H2,1-3H3;6-7,9,15-17,19,23,25,27H,1,4-5,8,10-11H2,2-3H3;9,14-15,18,22,26H,3-8,10-11H2,1-2H3/t11-,13+,14+,16+,17+,19-,20+,21+,22+;15-,16-,17-,19+,20-,21-,22-;14-,15-,18+,19-,20-,21-/m100/s1. The van der Waals surface area contributed by atoms with Crippen molar-refractivity contribution >= 4 is 40.5 Å². The average Bonchev–Trinajstić information content (AvgIpc) is 1.95. The second-order valence-corrected chi connectivity index (χ2v) is 28.5. The molecule has 15 nitrogen and oxygen atoms in total. The monoisotopic (exact) mass is 1120 g/mol. The summed E-state index contributed by atoms with van der Waals surface area (Å²) >= 11 is 0. The average molecular weight is 1130 g/mol. The van der Waals surface area contributed by atoms with Gasteiger partial charge in [-0.15, -0.1) is 0 Å². The number of allylic oxidation sites excluding steroid dienone is 9. The third kappa shape index (κ3) is 8.08. The Bertz CT molecular complexity index is 2920. The topological polar surface area (TPSA) is 281 Å². The van der Waals surface area contributed by atoms with Crippen LogP contribution in [0.15, 0.2) is 71.4 Å². The molecule has 8 N–H and O–H groups in total. The van der Waals surface area contributed by atoms with Gasteiger partial charge in [-0.25, -0.2) is 4.39 Å². The van der Waals surface area contributed by atoms with Crippen molar-refractivity contribution in [1.82, 2.24) is 0 Å². The quantitative estimate of drug-likeness (QED) is 0.153. The molecule has 0 bridgehead atoms. The summed E-state index contributed by atoms with van der Waals surface area (Å²) < 4.78 is 15.2. The summed E-state index contributed by atoms with van der Waals surface area (Å²) in [6.07, 6.45) is 16.0. The van der Waals surface area contributed by atoms with Crippen LogP contribution in [0.5, 0.6) is 0 Å². The lowest BCUT2D eigenvalue weighted by molar-refractivity contribution is -0.185. The molecule has 0 saturated heterocycles. The number of fused-ring (bicyclic) bond motifs is 15. The molecule has 442 valence electrons. The maximum absolute atomic E-state index is 15.2. The number of hydrogen-bond acceptors (Lipinski definition) is 15. The van der Waals surface area contributed by atoms with Crippen molar-refractivity contribution in [3.63, 3.8) is 0 Å². The van der Waals surface area contributed by atoms with E-state index in [4.69, 9.17) is 0 Å². The molecule has 9 saturated carbocycles. The third-order valence-electron chi connectivity index (χ3n) is 25.3. The number of Topliss-reactive ketones (excluding diaryl/α,β-unsaturated/α-hetero) is 4. The van der Waals surface area contributed by atoms with Gasteiger partial charge in [0.15, 0.2) is 40.3 Å². The van der Waals surface area contributed by atoms with Crippen LogP contribution in [0.4, 0.5) is 4.39 Å². The minimum Gasteiger partial charge on any atom is -0.393 e. The Labute approximate surface area is 474 Å². The van der Waals surface area contributed by atoms with E-state index < -0.39 is 94.0 Å². The van der Waals surface area contributed by atoms with Gasteiger partial charge in [0, 0.05) is 57.7 Å². The van der Waals surface area contributed by atoms with Gasteiger partial charge in [0.05, 0.1) is 12.2 Å². The first-order chi connectivity index (χ1) is 37.8. The molecule has 81 heavy (non-hydrogen) atoms. The van der Waals surface area contributed by atoms with Gasteiger partial charge in [-0.1, -0.05) is 78.3 Å². The van der Waals surface area contributed by atoms with E-state index in [2.05, 4.69) is 20.4 Å². The van der Waals surface area contributed by atoms with Gasteiger partial charge >= 0.3 is 0 Å². The molecule has 12 aliphatic rings. The van der Waals surface area contributed by atoms with Crippen LogP contribution in [-0.4, -0.2) is 136 Å². The molecule has 0 aromatic carbocycles. The van der Waals surface area contributed by atoms with Crippen LogP contribution < -0.4 is 0 Å². The smallest absolute Gasteiger partial charge is 0.194 e. The molecule has 0 radical (unpaired) electrons. The predicted octanol–water partition coefficient (Wildman–Crippen LogP) is 5.47. The molecular formula is C65H85FO15. The molecule has 0 heterocycles. The largest absolute Gasteiger partial charge is 0.393 e. The van der Waals surface area contributed by atoms with Crippen LogP contribution >= 0.6 is 0 Å². The maximum atomic E-state index is 15.2. The Kier molecular flexibility index (Phi) is 14.7. The molecule has 0 aliphatic heterocycles. The highest BCUT2D eigenvalue weighted by atomic mass is 19.1. The molecular weight excluding hydrogens is 1040 g/mol. The number of aliphatic hydroxyl groups is 8. The molecule has 12 aliphatic carbocycles. The van der Waals surface area contributed by atoms with Gasteiger partial charge in [-0.2, -0.15) is 0 Å². The lowest BCUT2D eigenvalue weighted by Gasteiger charge is -2.60. The van der Waals surface area contributed by atoms with Crippen molar-refractivity contribution in [1.29, 1.82) is 0 Å². The molecule has 0 aromatic rings. The fraction of sp³-hybridized carbons (Fsp3) is 0.708. The zero-order valence-electron chi connectivity index (χ0n) is 48.1. The lowest BCUT2D eigenvalue weighted by Crippen LogP contribution is -2.63. The normalized spacial score (nSPS) is 49.7. The van der Waals surface area contributed by atoms with Crippen LogP contribution in [0.25, 0.3) is 0 Å². The second kappa shape index (κ2) is 19.9. The van der Waals surface area contributed by atoms with Crippen molar-refractivity contribution in [3.05, 3.63) is 71.4 Å². The van der Waals surface area contributed by atoms with E-state index in [1.54, 1.807) is 38.2 Å². The van der Waals surface area contributed by atoms with Crippen LogP contribution in [-0.2, 0) is 33.6 Å². The van der Waals surface area contributed by atoms with E-state index in [1.165, 1.54) is 12.2 Å². The van der Waals surface area contributed by atoms with E-state index in [-0.39, 0.29) is 119 Å². The molecule has 0 spiro atoms. The summed E-state index contributed by atoms with van der Waals surface area (Å²) in [6.45, 7) is 15.2. The molecule has 0 aromatic heterocycles. The first-order valence-corrected chi connectivity index (χ1v) is 29.7. The van der Waals surface area contributed by atoms with Gasteiger partial charge in [-0.05, 0) is 165 Å². The number of halogens is 1. The number of hydrogen-bond donors (Lipinski definition) is 8. The van der Waals surface area contributed by atoms with Gasteiger partial charge in [0.1, 0.15) is 43.0 Å². The van der Waals surface area contributed by atoms with Gasteiger partial charge in [-0.3, -0.25) is 33.6 Å². The Morgan fingerprint density at radius 2 is 1.22 bits per heavy atom. The number of alkyl halides is 1. The number of carbonyl (C=O) groups is 7. The molecule has 12 rings (SSSR count). The third-order valence-corrected chi connectivity index (χ3v) is 25.3. The fourth-order valence-corrected chi connectivity index (χ4v) is 21.3. The Morgan fingerprint density at radius 3 is 1.86 bits per heavy atom. The van der Waals surface area contributed by atoms with Gasteiger partial charge in [0.25, 0.3) is 0 Å². The van der Waals surface area contributed by atoms with E-state index in [0.717, 1.165) is 36.8 Å². The van der Waals surface area contributed by atoms with Crippen LogP contribution in [0.1, 0.15) is 138 Å². The Hall–Kier alpha value is -4.26. The molecule has 16 heteroatoms. The highest BCUT2D eigenvalue weighted by Gasteiger charge is 2.73. The Morgan fingerprint density at radius 1 is 0.642 bits per heavy atom. The first-order valence-electron chi connectivity index (χ1n) is 29.7. The fourth-order valence-electron chi connectivity index (χ4n) is 21.3. The van der Waals surface area contributed by atoms with E-state index in [1.807, 2.05) is 26.8 Å². The number of aliphatic hydroxyl groups excluding tert-OH is 5. The van der Waals surface area contributed by atoms with Crippen LogP contribution in [0.2, 0.25) is 0 Å². The summed E-state index contributed by atoms with van der Waals surface area (Å²) in [7, 11) is 0. The lowest BCUT2D eigenvalue weighted by atomic mass is 9.46. The maximum Gasteiger partial charge on any atom is 0.194 e. The molecule has 0 unspecified atom stereocenters.